The van der Waals surface area contributed by atoms with Crippen LogP contribution in [0.15, 0.2) is 81.1 Å². The molecule has 7 rings (SSSR count). The lowest BCUT2D eigenvalue weighted by Crippen LogP contribution is -2.56. The summed E-state index contributed by atoms with van der Waals surface area (Å²) < 4.78 is 73.8. The van der Waals surface area contributed by atoms with Crippen LogP contribution in [-0.4, -0.2) is 133 Å². The number of aliphatic hydroxyl groups excluding tert-OH is 1. The van der Waals surface area contributed by atoms with Crippen LogP contribution < -0.4 is 0 Å². The highest BCUT2D eigenvalue weighted by Gasteiger charge is 2.52. The predicted octanol–water partition coefficient (Wildman–Crippen LogP) is 16.2. The standard InChI is InChI=1S/C72H114N2O13Si3/c1-46(2)90(47(3)4,48(5)6)87-65(35-49(7)30-31-56(77-15)26-24-32-88(17,18)19)64-37-54(43-75)41-72(78-16,85-64)42-67-73-55(44-79-67)36-51(9)69-53(11)70-52(10)62(83-69)27-23-28-66-74-61(45-80-66)63-40-60(86-89(20,21)71(12,13)14)39-59(82-63)38-58-34-50(8)33-57(81-58)25-22-29-68(76)84-70/h22-23,28-31,35-36,44-48,52-54,56-60,62-65,69-70,75H,8,25-27,33-34,37-43H2,1-7,9-21H3/b28-23+,29-22-,31-30+,49-35+,51-36+/t52-,53-,54+,56+,57-,58+,59+,60+,62+,63+,64+,65-,69?,70-,72-/m0/s1. The molecule has 5 aliphatic heterocycles. The fourth-order valence-corrected chi connectivity index (χ4v) is 21.8. The van der Waals surface area contributed by atoms with E-state index in [0.717, 1.165) is 35.3 Å². The highest BCUT2D eigenvalue weighted by molar-refractivity contribution is 6.83. The van der Waals surface area contributed by atoms with E-state index in [4.69, 9.17) is 60.8 Å². The zero-order valence-corrected chi connectivity index (χ0v) is 61.5. The van der Waals surface area contributed by atoms with Gasteiger partial charge in [-0.1, -0.05) is 144 Å². The van der Waals surface area contributed by atoms with Gasteiger partial charge in [0.05, 0.1) is 61.4 Å². The maximum Gasteiger partial charge on any atom is 0.330 e. The van der Waals surface area contributed by atoms with Crippen LogP contribution in [-0.2, 0) is 53.2 Å². The van der Waals surface area contributed by atoms with E-state index < -0.39 is 60.9 Å². The normalized spacial score (nSPS) is 31.2. The fraction of sp³-hybridized carbons (Fsp3) is 0.708. The van der Waals surface area contributed by atoms with Crippen LogP contribution in [0, 0.1) is 29.2 Å². The lowest BCUT2D eigenvalue weighted by molar-refractivity contribution is -0.291. The molecule has 15 nitrogen and oxygen atoms in total. The van der Waals surface area contributed by atoms with Crippen LogP contribution >= 0.6 is 0 Å². The van der Waals surface area contributed by atoms with Gasteiger partial charge in [-0.15, -0.1) is 11.5 Å². The van der Waals surface area contributed by atoms with Gasteiger partial charge in [-0.25, -0.2) is 14.8 Å². The molecule has 0 radical (unpaired) electrons. The number of nitrogens with zero attached hydrogens (tertiary/aromatic N) is 2. The number of fused-ring (bicyclic) bond motifs is 9. The third-order valence-corrected chi connectivity index (χ3v) is 31.4. The predicted molar refractivity (Wildman–Crippen MR) is 365 cm³/mol. The lowest BCUT2D eigenvalue weighted by Gasteiger charge is -2.49. The van der Waals surface area contributed by atoms with Crippen molar-refractivity contribution in [1.29, 1.82) is 0 Å². The van der Waals surface area contributed by atoms with Gasteiger partial charge in [0, 0.05) is 64.4 Å². The Morgan fingerprint density at radius 1 is 0.867 bits per heavy atom. The van der Waals surface area contributed by atoms with Crippen molar-refractivity contribution in [2.75, 3.05) is 20.8 Å². The third kappa shape index (κ3) is 19.4. The van der Waals surface area contributed by atoms with Crippen LogP contribution in [0.2, 0.25) is 54.4 Å². The molecular weight excluding hydrogens is 1190 g/mol. The molecule has 0 spiro atoms. The molecule has 0 aromatic carbocycles. The smallest absolute Gasteiger partial charge is 0.330 e. The number of rotatable bonds is 19. The topological polar surface area (TPSA) is 172 Å². The number of ether oxygens (including phenoxy) is 7. The van der Waals surface area contributed by atoms with Gasteiger partial charge in [-0.05, 0) is 111 Å². The summed E-state index contributed by atoms with van der Waals surface area (Å²) in [7, 11) is -2.74. The van der Waals surface area contributed by atoms with Gasteiger partial charge in [0.25, 0.3) is 0 Å². The summed E-state index contributed by atoms with van der Waals surface area (Å²) in [5.74, 6) is 2.12. The van der Waals surface area contributed by atoms with Gasteiger partial charge in [0.1, 0.15) is 44.2 Å². The maximum atomic E-state index is 13.9. The molecule has 8 bridgehead atoms. The Kier molecular flexibility index (Phi) is 25.8. The maximum absolute atomic E-state index is 13.9. The molecule has 502 valence electrons. The van der Waals surface area contributed by atoms with Gasteiger partial charge < -0.3 is 56.0 Å². The number of oxazole rings is 2. The second-order valence-corrected chi connectivity index (χ2v) is 45.2. The van der Waals surface area contributed by atoms with Gasteiger partial charge in [-0.2, -0.15) is 0 Å². The molecule has 90 heavy (non-hydrogen) atoms. The van der Waals surface area contributed by atoms with E-state index in [1.54, 1.807) is 32.8 Å². The number of aromatic nitrogens is 2. The Morgan fingerprint density at radius 3 is 2.22 bits per heavy atom. The summed E-state index contributed by atoms with van der Waals surface area (Å²) in [6.45, 7) is 44.6. The Balaban J connectivity index is 1.14. The Labute approximate surface area is 544 Å². The van der Waals surface area contributed by atoms with Gasteiger partial charge in [-0.3, -0.25) is 0 Å². The monoisotopic (exact) mass is 1300 g/mol. The van der Waals surface area contributed by atoms with Crippen LogP contribution in [0.4, 0.5) is 0 Å². The van der Waals surface area contributed by atoms with E-state index in [9.17, 15) is 9.90 Å². The Morgan fingerprint density at radius 2 is 1.57 bits per heavy atom. The average molecular weight is 1300 g/mol. The average Bonchev–Trinajstić information content (AvgIpc) is 0.946. The summed E-state index contributed by atoms with van der Waals surface area (Å²) in [5.41, 5.74) is 8.80. The number of hydrogen-bond donors (Lipinski definition) is 1. The van der Waals surface area contributed by atoms with Gasteiger partial charge >= 0.3 is 5.97 Å². The van der Waals surface area contributed by atoms with E-state index in [-0.39, 0.29) is 78.5 Å². The van der Waals surface area contributed by atoms with Crippen molar-refractivity contribution in [3.05, 3.63) is 95.4 Å². The first-order valence-corrected chi connectivity index (χ1v) is 42.1. The highest BCUT2D eigenvalue weighted by Crippen LogP contribution is 2.47. The molecule has 1 unspecified atom stereocenters. The fourth-order valence-electron chi connectivity index (χ4n) is 14.3. The Bertz CT molecular complexity index is 2880. The van der Waals surface area contributed by atoms with E-state index in [1.807, 2.05) is 31.2 Å². The lowest BCUT2D eigenvalue weighted by atomic mass is 9.79. The number of methoxy groups -OCH3 is 2. The highest BCUT2D eigenvalue weighted by atomic mass is 28.4. The van der Waals surface area contributed by atoms with Crippen LogP contribution in [0.5, 0.6) is 0 Å². The number of carbonyl (C=O) groups excluding carboxylic acids is 1. The molecule has 4 saturated heterocycles. The number of carbonyl (C=O) groups is 1. The first-order valence-electron chi connectivity index (χ1n) is 33.6. The number of allylic oxidation sites excluding steroid dienone is 2. The minimum atomic E-state index is -2.48. The first-order chi connectivity index (χ1) is 42.3. The first kappa shape index (κ1) is 73.6. The number of hydrogen-bond acceptors (Lipinski definition) is 15. The Hall–Kier alpha value is -3.82. The van der Waals surface area contributed by atoms with Crippen molar-refractivity contribution in [1.82, 2.24) is 9.97 Å². The second-order valence-electron chi connectivity index (χ2n) is 30.3. The largest absolute Gasteiger partial charge is 0.458 e. The van der Waals surface area contributed by atoms with Crippen molar-refractivity contribution in [2.24, 2.45) is 17.8 Å². The summed E-state index contributed by atoms with van der Waals surface area (Å²) in [5, 5.41) is 11.1. The third-order valence-electron chi connectivity index (χ3n) is 19.9. The van der Waals surface area contributed by atoms with Gasteiger partial charge in [0.15, 0.2) is 20.0 Å². The van der Waals surface area contributed by atoms with Crippen LogP contribution in [0.25, 0.3) is 12.2 Å². The van der Waals surface area contributed by atoms with E-state index in [2.05, 4.69) is 152 Å². The van der Waals surface area contributed by atoms with Crippen LogP contribution in [0.3, 0.4) is 0 Å². The van der Waals surface area contributed by atoms with E-state index >= 15 is 0 Å². The quantitative estimate of drug-likeness (QED) is 0.0462. The van der Waals surface area contributed by atoms with Gasteiger partial charge in [0.2, 0.25) is 14.2 Å². The number of aliphatic hydroxyl groups is 1. The molecular formula is C72H114N2O13Si3. The summed E-state index contributed by atoms with van der Waals surface area (Å²) in [6, 6.07) is 0. The molecule has 2 aromatic rings. The van der Waals surface area contributed by atoms with Crippen molar-refractivity contribution < 1.29 is 60.7 Å². The zero-order chi connectivity index (χ0) is 66.1. The molecule has 0 amide bonds. The van der Waals surface area contributed by atoms with E-state index in [0.29, 0.717) is 85.5 Å². The SMILES string of the molecule is C=C1C[C@@H]2C[C@@H]3C[C@@H](O[Si](C)(C)C(C)(C)C)C[C@@H](O3)c3coc(n3)/C=C/C[C@H]3OC(/C(C)=C/c4coc(C[C@]5(OC)C[C@H](CO)C[C@H]([C@H](/C=C(C)/C=C/[C@@H](CC#C[Si](C)(C)C)OC)O[Si](C(C)C)(C(C)C)C(C)C)O5)n4)[C@H](C)[C@@H](OC(=O)/C=C\C[C@@H](C1)O2)[C@H]3C. The molecule has 0 aliphatic carbocycles. The van der Waals surface area contributed by atoms with Crippen molar-refractivity contribution >= 4 is 42.8 Å². The molecule has 4 fully saturated rings. The zero-order valence-electron chi connectivity index (χ0n) is 58.5. The summed E-state index contributed by atoms with van der Waals surface area (Å²) in [4.78, 5) is 23.9. The number of esters is 1. The van der Waals surface area contributed by atoms with Crippen molar-refractivity contribution in [3.8, 4) is 11.5 Å². The van der Waals surface area contributed by atoms with Crippen molar-refractivity contribution in [2.45, 2.75) is 288 Å². The summed E-state index contributed by atoms with van der Waals surface area (Å²) >= 11 is 0. The van der Waals surface area contributed by atoms with Crippen LogP contribution in [0.1, 0.15) is 183 Å². The second kappa shape index (κ2) is 31.6. The molecule has 15 atom stereocenters. The molecule has 7 heterocycles. The van der Waals surface area contributed by atoms with E-state index in [1.165, 1.54) is 0 Å². The molecule has 18 heteroatoms. The summed E-state index contributed by atoms with van der Waals surface area (Å²) in [6.07, 6.45) is 22.5. The molecule has 5 aliphatic rings. The van der Waals surface area contributed by atoms with Crippen molar-refractivity contribution in [3.63, 3.8) is 0 Å². The molecule has 2 aromatic heterocycles. The molecule has 1 N–H and O–H groups in total. The minimum Gasteiger partial charge on any atom is -0.458 e. The minimum absolute atomic E-state index is 0.00736. The molecule has 0 saturated carbocycles.